The minimum absolute atomic E-state index is 0.101. The van der Waals surface area contributed by atoms with Crippen molar-refractivity contribution in [3.05, 3.63) is 60.1 Å². The number of carboxylic acid groups (broad SMARTS) is 1. The summed E-state index contributed by atoms with van der Waals surface area (Å²) in [5.74, 6) is 0.112. The highest BCUT2D eigenvalue weighted by Crippen LogP contribution is 2.39. The summed E-state index contributed by atoms with van der Waals surface area (Å²) in [7, 11) is 0. The second-order valence-electron chi connectivity index (χ2n) is 10.4. The van der Waals surface area contributed by atoms with Gasteiger partial charge in [0.15, 0.2) is 11.6 Å². The van der Waals surface area contributed by atoms with Crippen molar-refractivity contribution in [2.75, 3.05) is 36.0 Å². The predicted molar refractivity (Wildman–Crippen MR) is 156 cm³/mol. The third-order valence-corrected chi connectivity index (χ3v) is 8.67. The summed E-state index contributed by atoms with van der Waals surface area (Å²) >= 11 is 1.54. The molecule has 0 aliphatic carbocycles. The van der Waals surface area contributed by atoms with Gasteiger partial charge < -0.3 is 24.5 Å². The van der Waals surface area contributed by atoms with Crippen molar-refractivity contribution in [2.24, 2.45) is 5.92 Å². The van der Waals surface area contributed by atoms with Crippen LogP contribution in [-0.4, -0.2) is 67.7 Å². The van der Waals surface area contributed by atoms with Crippen LogP contribution in [0.2, 0.25) is 0 Å². The van der Waals surface area contributed by atoms with Crippen molar-refractivity contribution in [1.82, 2.24) is 25.3 Å². The maximum absolute atomic E-state index is 11.6. The number of aliphatic carboxylic acids is 1. The number of anilines is 2. The zero-order valence-electron chi connectivity index (χ0n) is 22.9. The molecule has 5 heterocycles. The van der Waals surface area contributed by atoms with Gasteiger partial charge in [-0.05, 0) is 36.6 Å². The minimum atomic E-state index is -0.913. The van der Waals surface area contributed by atoms with Crippen LogP contribution in [0.25, 0.3) is 31.9 Å². The fraction of sp³-hybridized carbons (Fsp3) is 0.310. The molecule has 5 aromatic rings. The molecule has 0 spiro atoms. The van der Waals surface area contributed by atoms with Gasteiger partial charge in [-0.2, -0.15) is 0 Å². The lowest BCUT2D eigenvalue weighted by atomic mass is 9.93. The molecule has 0 amide bonds. The van der Waals surface area contributed by atoms with E-state index in [1.165, 1.54) is 0 Å². The third-order valence-electron chi connectivity index (χ3n) is 7.43. The largest absolute Gasteiger partial charge is 0.507 e. The fourth-order valence-electron chi connectivity index (χ4n) is 5.17. The molecule has 1 aliphatic heterocycles. The van der Waals surface area contributed by atoms with Crippen molar-refractivity contribution in [2.45, 2.75) is 26.7 Å². The van der Waals surface area contributed by atoms with Crippen molar-refractivity contribution in [3.63, 3.8) is 0 Å². The smallest absolute Gasteiger partial charge is 0.314 e. The van der Waals surface area contributed by atoms with Crippen molar-refractivity contribution in [3.8, 4) is 27.4 Å². The number of aromatic nitrogens is 5. The molecule has 6 rings (SSSR count). The van der Waals surface area contributed by atoms with Crippen molar-refractivity contribution >= 4 is 39.3 Å². The quantitative estimate of drug-likeness (QED) is 0.273. The Morgan fingerprint density at radius 1 is 1.02 bits per heavy atom. The first-order valence-electron chi connectivity index (χ1n) is 13.4. The number of carbonyl (C=O) groups is 1. The molecule has 11 nitrogen and oxygen atoms in total. The number of fused-ring (bicyclic) bond motifs is 1. The molecule has 1 aliphatic rings. The van der Waals surface area contributed by atoms with Crippen LogP contribution in [0.5, 0.6) is 5.75 Å². The molecule has 1 fully saturated rings. The molecule has 0 saturated carbocycles. The third kappa shape index (κ3) is 5.06. The van der Waals surface area contributed by atoms with Crippen LogP contribution in [0.4, 0.5) is 11.8 Å². The first-order valence-corrected chi connectivity index (χ1v) is 14.2. The van der Waals surface area contributed by atoms with E-state index < -0.39 is 11.9 Å². The summed E-state index contributed by atoms with van der Waals surface area (Å²) in [5.41, 5.74) is 3.24. The number of para-hydroxylation sites is 1. The number of aryl methyl sites for hydroxylation is 1. The first-order chi connectivity index (χ1) is 19.8. The van der Waals surface area contributed by atoms with Gasteiger partial charge in [-0.3, -0.25) is 4.79 Å². The van der Waals surface area contributed by atoms with Crippen LogP contribution >= 0.6 is 11.3 Å². The monoisotopic (exact) mass is 571 g/mol. The Morgan fingerprint density at radius 3 is 2.41 bits per heavy atom. The zero-order chi connectivity index (χ0) is 28.7. The molecule has 1 aromatic carbocycles. The molecule has 1 saturated heterocycles. The Labute approximate surface area is 240 Å². The van der Waals surface area contributed by atoms with E-state index in [1.807, 2.05) is 51.4 Å². The van der Waals surface area contributed by atoms with E-state index in [0.717, 1.165) is 26.2 Å². The van der Waals surface area contributed by atoms with Gasteiger partial charge in [0.25, 0.3) is 0 Å². The lowest BCUT2D eigenvalue weighted by molar-refractivity contribution is -0.140. The van der Waals surface area contributed by atoms with Gasteiger partial charge in [-0.15, -0.1) is 21.5 Å². The highest BCUT2D eigenvalue weighted by Gasteiger charge is 2.30. The summed E-state index contributed by atoms with van der Waals surface area (Å²) in [4.78, 5) is 27.0. The normalized spacial score (nSPS) is 14.6. The topological polar surface area (TPSA) is 142 Å². The molecule has 210 valence electrons. The number of aromatic hydroxyl groups is 1. The van der Waals surface area contributed by atoms with E-state index in [9.17, 15) is 15.0 Å². The van der Waals surface area contributed by atoms with E-state index in [2.05, 4.69) is 35.1 Å². The summed E-state index contributed by atoms with van der Waals surface area (Å²) < 4.78 is 5.41. The van der Waals surface area contributed by atoms with E-state index in [0.29, 0.717) is 55.0 Å². The van der Waals surface area contributed by atoms with Gasteiger partial charge in [-0.25, -0.2) is 9.97 Å². The minimum Gasteiger partial charge on any atom is -0.507 e. The second-order valence-corrected chi connectivity index (χ2v) is 11.4. The number of carboxylic acids is 1. The first kappa shape index (κ1) is 26.6. The molecule has 12 heteroatoms. The molecule has 0 radical (unpaired) electrons. The average molecular weight is 572 g/mol. The molecule has 41 heavy (non-hydrogen) atoms. The second kappa shape index (κ2) is 10.8. The summed E-state index contributed by atoms with van der Waals surface area (Å²) in [6, 6.07) is 10.8. The number of nitrogens with zero attached hydrogens (tertiary/aromatic N) is 7. The molecular weight excluding hydrogens is 542 g/mol. The average Bonchev–Trinajstić information content (AvgIpc) is 3.58. The number of rotatable bonds is 7. The van der Waals surface area contributed by atoms with Gasteiger partial charge in [0, 0.05) is 66.0 Å². The van der Waals surface area contributed by atoms with Gasteiger partial charge in [0.05, 0.1) is 5.69 Å². The van der Waals surface area contributed by atoms with Crippen LogP contribution in [-0.2, 0) is 4.79 Å². The Bertz CT molecular complexity index is 1710. The van der Waals surface area contributed by atoms with E-state index >= 15 is 0 Å². The summed E-state index contributed by atoms with van der Waals surface area (Å²) in [5, 5.41) is 33.7. The number of phenols is 1. The van der Waals surface area contributed by atoms with Crippen LogP contribution in [0.3, 0.4) is 0 Å². The molecule has 1 unspecified atom stereocenters. The Hall–Kier alpha value is -4.58. The zero-order valence-corrected chi connectivity index (χ0v) is 23.7. The van der Waals surface area contributed by atoms with Gasteiger partial charge in [-0.1, -0.05) is 31.1 Å². The lowest BCUT2D eigenvalue weighted by Crippen LogP contribution is -2.47. The Kier molecular flexibility index (Phi) is 7.00. The molecular formula is C29H29N7O4S. The number of benzene rings is 1. The summed E-state index contributed by atoms with van der Waals surface area (Å²) in [6.45, 7) is 8.52. The molecule has 2 N–H and O–H groups in total. The number of phenolic OH excluding ortho intramolecular Hbond substituents is 1. The Balaban J connectivity index is 1.15. The van der Waals surface area contributed by atoms with E-state index in [-0.39, 0.29) is 11.7 Å². The van der Waals surface area contributed by atoms with Crippen LogP contribution in [0, 0.1) is 12.8 Å². The maximum atomic E-state index is 11.6. The van der Waals surface area contributed by atoms with Crippen LogP contribution < -0.4 is 9.80 Å². The number of hydrogen-bond donors (Lipinski definition) is 2. The van der Waals surface area contributed by atoms with Crippen LogP contribution in [0.15, 0.2) is 53.3 Å². The SMILES string of the molecule is Cc1c(-c2cnc(N3CCN(c4cc(C(C(=O)O)C(C)C)on4)CC3)nc2)sc2nnc(-c3ccccc3O)cc12. The van der Waals surface area contributed by atoms with Gasteiger partial charge >= 0.3 is 5.97 Å². The fourth-order valence-corrected chi connectivity index (χ4v) is 6.25. The molecule has 1 atom stereocenters. The molecule has 4 aromatic heterocycles. The Morgan fingerprint density at radius 2 is 1.73 bits per heavy atom. The predicted octanol–water partition coefficient (Wildman–Crippen LogP) is 4.97. The lowest BCUT2D eigenvalue weighted by Gasteiger charge is -2.34. The maximum Gasteiger partial charge on any atom is 0.314 e. The number of thiophene rings is 1. The highest BCUT2D eigenvalue weighted by atomic mass is 32.1. The number of hydrogen-bond acceptors (Lipinski definition) is 11. The highest BCUT2D eigenvalue weighted by molar-refractivity contribution is 7.22. The molecule has 0 bridgehead atoms. The standard InChI is InChI=1S/C29H29N7O4S/c1-16(2)25(28(38)39)23-13-24(34-40-23)35-8-10-36(11-9-35)29-30-14-18(15-31-29)26-17(3)20-12-21(32-33-27(20)41-26)19-6-4-5-7-22(19)37/h4-7,12-16,25,37H,8-11H2,1-3H3,(H,38,39). The summed E-state index contributed by atoms with van der Waals surface area (Å²) in [6.07, 6.45) is 3.68. The van der Waals surface area contributed by atoms with Crippen molar-refractivity contribution < 1.29 is 19.5 Å². The van der Waals surface area contributed by atoms with E-state index in [1.54, 1.807) is 29.5 Å². The van der Waals surface area contributed by atoms with Gasteiger partial charge in [0.2, 0.25) is 5.95 Å². The van der Waals surface area contributed by atoms with E-state index in [4.69, 9.17) is 4.52 Å². The van der Waals surface area contributed by atoms with Crippen LogP contribution in [0.1, 0.15) is 31.1 Å². The number of piperazine rings is 1. The van der Waals surface area contributed by atoms with Gasteiger partial charge in [0.1, 0.15) is 16.5 Å². The van der Waals surface area contributed by atoms with Crippen molar-refractivity contribution in [1.29, 1.82) is 0 Å².